The van der Waals surface area contributed by atoms with E-state index in [1.165, 1.54) is 10.6 Å². The topological polar surface area (TPSA) is 96.0 Å². The van der Waals surface area contributed by atoms with Gasteiger partial charge in [0.2, 0.25) is 21.8 Å². The Hall–Kier alpha value is -3.07. The number of aryl methyl sites for hydroxylation is 2. The first-order chi connectivity index (χ1) is 17.9. The van der Waals surface area contributed by atoms with Gasteiger partial charge in [0.05, 0.1) is 19.1 Å². The SMILES string of the molecule is CC[C@H](C(=O)N[C@@H](C)CC)N(Cc1cccc(OC)c1)C(=O)CCCN(c1cc(C)ccc1C)S(C)(=O)=O. The van der Waals surface area contributed by atoms with Gasteiger partial charge in [0.25, 0.3) is 0 Å². The van der Waals surface area contributed by atoms with Crippen molar-refractivity contribution in [1.29, 1.82) is 0 Å². The molecule has 0 bridgehead atoms. The molecule has 0 saturated carbocycles. The molecule has 2 aromatic rings. The second kappa shape index (κ2) is 14.2. The number of carbonyl (C=O) groups excluding carboxylic acids is 2. The minimum atomic E-state index is -3.55. The maximum atomic E-state index is 13.6. The van der Waals surface area contributed by atoms with Crippen LogP contribution < -0.4 is 14.4 Å². The van der Waals surface area contributed by atoms with E-state index in [1.807, 2.05) is 77.1 Å². The maximum Gasteiger partial charge on any atom is 0.243 e. The lowest BCUT2D eigenvalue weighted by atomic mass is 10.1. The molecule has 2 aromatic carbocycles. The Labute approximate surface area is 228 Å². The molecule has 210 valence electrons. The Morgan fingerprint density at radius 3 is 2.37 bits per heavy atom. The number of rotatable bonds is 14. The molecule has 0 fully saturated rings. The number of nitrogens with zero attached hydrogens (tertiary/aromatic N) is 2. The third kappa shape index (κ3) is 8.75. The second-order valence-corrected chi connectivity index (χ2v) is 11.8. The maximum absolute atomic E-state index is 13.6. The van der Waals surface area contributed by atoms with Gasteiger partial charge < -0.3 is 15.0 Å². The zero-order valence-electron chi connectivity index (χ0n) is 23.8. The minimum Gasteiger partial charge on any atom is -0.497 e. The first-order valence-electron chi connectivity index (χ1n) is 13.2. The van der Waals surface area contributed by atoms with Gasteiger partial charge in [0, 0.05) is 25.6 Å². The molecule has 0 saturated heterocycles. The predicted molar refractivity (Wildman–Crippen MR) is 153 cm³/mol. The summed E-state index contributed by atoms with van der Waals surface area (Å²) in [7, 11) is -1.97. The molecule has 0 radical (unpaired) electrons. The molecule has 0 spiro atoms. The summed E-state index contributed by atoms with van der Waals surface area (Å²) < 4.78 is 32.0. The number of nitrogens with one attached hydrogen (secondary N) is 1. The van der Waals surface area contributed by atoms with Crippen LogP contribution in [0.15, 0.2) is 42.5 Å². The van der Waals surface area contributed by atoms with Crippen LogP contribution in [-0.4, -0.2) is 57.1 Å². The number of anilines is 1. The lowest BCUT2D eigenvalue weighted by Gasteiger charge is -2.32. The van der Waals surface area contributed by atoms with Crippen molar-refractivity contribution in [3.8, 4) is 5.75 Å². The molecule has 9 heteroatoms. The Kier molecular flexibility index (Phi) is 11.6. The molecule has 0 heterocycles. The van der Waals surface area contributed by atoms with Crippen LogP contribution in [0.3, 0.4) is 0 Å². The Bertz CT molecular complexity index is 1200. The first kappa shape index (κ1) is 31.1. The number of benzene rings is 2. The van der Waals surface area contributed by atoms with Crippen molar-refractivity contribution < 1.29 is 22.7 Å². The summed E-state index contributed by atoms with van der Waals surface area (Å²) in [5.74, 6) is 0.281. The standard InChI is InChI=1S/C29H43N3O5S/c1-8-23(5)30-29(34)26(9-2)31(20-24-12-10-13-25(19-24)37-6)28(33)14-11-17-32(38(7,35)36)27-18-21(3)15-16-22(27)4/h10,12-13,15-16,18-19,23,26H,8-9,11,14,17,20H2,1-7H3,(H,30,34)/t23-,26+/m0/s1. The average Bonchev–Trinajstić information content (AvgIpc) is 2.87. The minimum absolute atomic E-state index is 0.00814. The van der Waals surface area contributed by atoms with Crippen LogP contribution in [0, 0.1) is 13.8 Å². The van der Waals surface area contributed by atoms with E-state index in [0.717, 1.165) is 23.1 Å². The van der Waals surface area contributed by atoms with Crippen LogP contribution >= 0.6 is 0 Å². The van der Waals surface area contributed by atoms with Crippen LogP contribution in [0.5, 0.6) is 5.75 Å². The molecule has 2 atom stereocenters. The van der Waals surface area contributed by atoms with E-state index < -0.39 is 16.1 Å². The van der Waals surface area contributed by atoms with Gasteiger partial charge in [-0.25, -0.2) is 8.42 Å². The van der Waals surface area contributed by atoms with Crippen molar-refractivity contribution >= 4 is 27.5 Å². The number of carbonyl (C=O) groups is 2. The molecule has 0 unspecified atom stereocenters. The quantitative estimate of drug-likeness (QED) is 0.375. The molecule has 2 rings (SSSR count). The predicted octanol–water partition coefficient (Wildman–Crippen LogP) is 4.58. The highest BCUT2D eigenvalue weighted by Gasteiger charge is 2.29. The fourth-order valence-electron chi connectivity index (χ4n) is 4.30. The molecule has 0 aromatic heterocycles. The number of sulfonamides is 1. The molecule has 8 nitrogen and oxygen atoms in total. The molecule has 1 N–H and O–H groups in total. The second-order valence-electron chi connectivity index (χ2n) is 9.84. The van der Waals surface area contributed by atoms with Crippen LogP contribution in [0.25, 0.3) is 0 Å². The zero-order chi connectivity index (χ0) is 28.5. The summed E-state index contributed by atoms with van der Waals surface area (Å²) in [6.45, 7) is 10.0. The van der Waals surface area contributed by atoms with Crippen molar-refractivity contribution in [1.82, 2.24) is 10.2 Å². The van der Waals surface area contributed by atoms with E-state index in [4.69, 9.17) is 4.74 Å². The van der Waals surface area contributed by atoms with E-state index in [9.17, 15) is 18.0 Å². The Morgan fingerprint density at radius 1 is 1.05 bits per heavy atom. The number of hydrogen-bond acceptors (Lipinski definition) is 5. The van der Waals surface area contributed by atoms with Crippen molar-refractivity contribution in [2.45, 2.75) is 78.9 Å². The molecule has 38 heavy (non-hydrogen) atoms. The van der Waals surface area contributed by atoms with Crippen LogP contribution in [0.2, 0.25) is 0 Å². The van der Waals surface area contributed by atoms with Gasteiger partial charge in [-0.15, -0.1) is 0 Å². The molecular weight excluding hydrogens is 502 g/mol. The fraction of sp³-hybridized carbons (Fsp3) is 0.517. The summed E-state index contributed by atoms with van der Waals surface area (Å²) >= 11 is 0. The summed E-state index contributed by atoms with van der Waals surface area (Å²) in [5, 5.41) is 3.01. The van der Waals surface area contributed by atoms with E-state index in [2.05, 4.69) is 5.32 Å². The number of amides is 2. The van der Waals surface area contributed by atoms with Gasteiger partial charge in [-0.3, -0.25) is 13.9 Å². The summed E-state index contributed by atoms with van der Waals surface area (Å²) in [4.78, 5) is 28.4. The third-order valence-corrected chi connectivity index (χ3v) is 7.84. The molecule has 0 aliphatic carbocycles. The monoisotopic (exact) mass is 545 g/mol. The van der Waals surface area contributed by atoms with E-state index in [1.54, 1.807) is 12.0 Å². The van der Waals surface area contributed by atoms with Crippen molar-refractivity contribution in [3.05, 3.63) is 59.2 Å². The van der Waals surface area contributed by atoms with Crippen molar-refractivity contribution in [2.24, 2.45) is 0 Å². The largest absolute Gasteiger partial charge is 0.497 e. The van der Waals surface area contributed by atoms with Gasteiger partial charge in [0.15, 0.2) is 0 Å². The van der Waals surface area contributed by atoms with E-state index in [-0.39, 0.29) is 37.4 Å². The fourth-order valence-corrected chi connectivity index (χ4v) is 5.31. The van der Waals surface area contributed by atoms with E-state index >= 15 is 0 Å². The average molecular weight is 546 g/mol. The lowest BCUT2D eigenvalue weighted by Crippen LogP contribution is -2.50. The van der Waals surface area contributed by atoms with Gasteiger partial charge in [-0.05, 0) is 74.9 Å². The molecule has 0 aliphatic heterocycles. The Morgan fingerprint density at radius 2 is 1.76 bits per heavy atom. The number of methoxy groups -OCH3 is 1. The summed E-state index contributed by atoms with van der Waals surface area (Å²) in [6.07, 6.45) is 2.84. The first-order valence-corrected chi connectivity index (χ1v) is 15.0. The van der Waals surface area contributed by atoms with Gasteiger partial charge in [-0.2, -0.15) is 0 Å². The van der Waals surface area contributed by atoms with Crippen LogP contribution in [0.1, 0.15) is 63.1 Å². The van der Waals surface area contributed by atoms with Gasteiger partial charge in [0.1, 0.15) is 11.8 Å². The summed E-state index contributed by atoms with van der Waals surface area (Å²) in [5.41, 5.74) is 3.27. The normalized spacial score (nSPS) is 12.9. The van der Waals surface area contributed by atoms with Crippen LogP contribution in [0.4, 0.5) is 5.69 Å². The smallest absolute Gasteiger partial charge is 0.243 e. The van der Waals surface area contributed by atoms with Crippen LogP contribution in [-0.2, 0) is 26.2 Å². The zero-order valence-corrected chi connectivity index (χ0v) is 24.6. The highest BCUT2D eigenvalue weighted by atomic mass is 32.2. The highest BCUT2D eigenvalue weighted by molar-refractivity contribution is 7.92. The van der Waals surface area contributed by atoms with Gasteiger partial charge >= 0.3 is 0 Å². The Balaban J connectivity index is 2.28. The van der Waals surface area contributed by atoms with Gasteiger partial charge in [-0.1, -0.05) is 38.1 Å². The summed E-state index contributed by atoms with van der Waals surface area (Å²) in [6, 6.07) is 12.5. The number of ether oxygens (including phenoxy) is 1. The highest BCUT2D eigenvalue weighted by Crippen LogP contribution is 2.25. The molecule has 0 aliphatic rings. The number of hydrogen-bond donors (Lipinski definition) is 1. The van der Waals surface area contributed by atoms with Crippen molar-refractivity contribution in [3.63, 3.8) is 0 Å². The van der Waals surface area contributed by atoms with E-state index in [0.29, 0.717) is 24.3 Å². The lowest BCUT2D eigenvalue weighted by molar-refractivity contribution is -0.141. The molecular formula is C29H43N3O5S. The molecule has 2 amide bonds. The third-order valence-electron chi connectivity index (χ3n) is 6.66. The van der Waals surface area contributed by atoms with Crippen molar-refractivity contribution in [2.75, 3.05) is 24.2 Å².